The van der Waals surface area contributed by atoms with Crippen molar-refractivity contribution in [3.63, 3.8) is 0 Å². The molecule has 17 heavy (non-hydrogen) atoms. The summed E-state index contributed by atoms with van der Waals surface area (Å²) in [5.41, 5.74) is 0.409. The molecule has 0 aromatic carbocycles. The molecular weight excluding hydrogens is 243 g/mol. The zero-order chi connectivity index (χ0) is 13.3. The van der Waals surface area contributed by atoms with Crippen molar-refractivity contribution in [2.75, 3.05) is 26.0 Å². The standard InChI is InChI=1S/C11H21O5P/c1-5-14-11(12)10(4)8-9-17(13,15-6-2)16-7-3/h8H,5-7,9H2,1-4H3/b10-8-. The Kier molecular flexibility index (Phi) is 8.13. The summed E-state index contributed by atoms with van der Waals surface area (Å²) in [6, 6.07) is 0. The highest BCUT2D eigenvalue weighted by molar-refractivity contribution is 7.54. The second-order valence-electron chi connectivity index (χ2n) is 3.24. The van der Waals surface area contributed by atoms with E-state index in [9.17, 15) is 9.36 Å². The summed E-state index contributed by atoms with van der Waals surface area (Å²) in [5.74, 6) is -0.410. The van der Waals surface area contributed by atoms with Crippen LogP contribution in [0.5, 0.6) is 0 Å². The maximum absolute atomic E-state index is 12.1. The molecule has 0 fully saturated rings. The largest absolute Gasteiger partial charge is 0.463 e. The van der Waals surface area contributed by atoms with Gasteiger partial charge in [0, 0.05) is 5.57 Å². The van der Waals surface area contributed by atoms with Crippen molar-refractivity contribution in [1.29, 1.82) is 0 Å². The van der Waals surface area contributed by atoms with Gasteiger partial charge in [0.25, 0.3) is 0 Å². The van der Waals surface area contributed by atoms with Crippen molar-refractivity contribution in [2.45, 2.75) is 27.7 Å². The second-order valence-corrected chi connectivity index (χ2v) is 5.34. The number of esters is 1. The van der Waals surface area contributed by atoms with Crippen molar-refractivity contribution in [1.82, 2.24) is 0 Å². The fraction of sp³-hybridized carbons (Fsp3) is 0.727. The molecule has 0 aliphatic carbocycles. The van der Waals surface area contributed by atoms with Gasteiger partial charge in [-0.2, -0.15) is 0 Å². The molecule has 0 radical (unpaired) electrons. The SMILES string of the molecule is CCOC(=O)/C(C)=C\CP(=O)(OCC)OCC. The van der Waals surface area contributed by atoms with Gasteiger partial charge >= 0.3 is 13.6 Å². The average molecular weight is 264 g/mol. The lowest BCUT2D eigenvalue weighted by Crippen LogP contribution is -2.06. The summed E-state index contributed by atoms with van der Waals surface area (Å²) in [6.45, 7) is 7.77. The molecule has 0 aromatic heterocycles. The summed E-state index contributed by atoms with van der Waals surface area (Å²) < 4.78 is 27.1. The Bertz CT molecular complexity index is 301. The summed E-state index contributed by atoms with van der Waals surface area (Å²) in [7, 11) is -3.12. The van der Waals surface area contributed by atoms with E-state index in [0.29, 0.717) is 25.4 Å². The number of allylic oxidation sites excluding steroid dienone is 1. The molecule has 0 saturated carbocycles. The fourth-order valence-corrected chi connectivity index (χ4v) is 2.68. The monoisotopic (exact) mass is 264 g/mol. The molecule has 100 valence electrons. The zero-order valence-electron chi connectivity index (χ0n) is 10.9. The minimum absolute atomic E-state index is 0.0827. The Balaban J connectivity index is 4.52. The molecule has 0 aliphatic heterocycles. The van der Waals surface area contributed by atoms with Crippen LogP contribution in [0.25, 0.3) is 0 Å². The third-order valence-electron chi connectivity index (χ3n) is 1.87. The molecular formula is C11H21O5P. The molecule has 0 saturated heterocycles. The van der Waals surface area contributed by atoms with Gasteiger partial charge in [-0.15, -0.1) is 0 Å². The lowest BCUT2D eigenvalue weighted by molar-refractivity contribution is -0.138. The summed E-state index contributed by atoms with van der Waals surface area (Å²) in [5, 5.41) is 0. The molecule has 0 N–H and O–H groups in total. The van der Waals surface area contributed by atoms with E-state index in [1.54, 1.807) is 27.7 Å². The van der Waals surface area contributed by atoms with Gasteiger partial charge in [0.2, 0.25) is 0 Å². The molecule has 0 amide bonds. The van der Waals surface area contributed by atoms with Gasteiger partial charge in [-0.3, -0.25) is 4.57 Å². The van der Waals surface area contributed by atoms with Crippen LogP contribution in [0.1, 0.15) is 27.7 Å². The van der Waals surface area contributed by atoms with Crippen LogP contribution in [0.4, 0.5) is 0 Å². The summed E-state index contributed by atoms with van der Waals surface area (Å²) in [6.07, 6.45) is 1.61. The number of hydrogen-bond donors (Lipinski definition) is 0. The lowest BCUT2D eigenvalue weighted by Gasteiger charge is -2.15. The van der Waals surface area contributed by atoms with Crippen LogP contribution in [0.3, 0.4) is 0 Å². The second kappa shape index (κ2) is 8.45. The van der Waals surface area contributed by atoms with Crippen molar-refractivity contribution >= 4 is 13.6 Å². The molecule has 5 nitrogen and oxygen atoms in total. The maximum atomic E-state index is 12.1. The minimum atomic E-state index is -3.12. The zero-order valence-corrected chi connectivity index (χ0v) is 11.8. The van der Waals surface area contributed by atoms with Crippen molar-refractivity contribution in [3.05, 3.63) is 11.6 Å². The first kappa shape index (κ1) is 16.4. The predicted octanol–water partition coefficient (Wildman–Crippen LogP) is 2.76. The van der Waals surface area contributed by atoms with E-state index in [1.807, 2.05) is 0 Å². The van der Waals surface area contributed by atoms with Gasteiger partial charge in [0.05, 0.1) is 26.0 Å². The van der Waals surface area contributed by atoms with Gasteiger partial charge in [-0.1, -0.05) is 6.08 Å². The van der Waals surface area contributed by atoms with E-state index < -0.39 is 13.6 Å². The maximum Gasteiger partial charge on any atom is 0.334 e. The smallest absolute Gasteiger partial charge is 0.334 e. The number of carbonyl (C=O) groups excluding carboxylic acids is 1. The average Bonchev–Trinajstić information content (AvgIpc) is 2.27. The van der Waals surface area contributed by atoms with Crippen molar-refractivity contribution in [2.24, 2.45) is 0 Å². The van der Waals surface area contributed by atoms with Gasteiger partial charge in [-0.25, -0.2) is 4.79 Å². The molecule has 0 atom stereocenters. The van der Waals surface area contributed by atoms with Crippen molar-refractivity contribution in [3.8, 4) is 0 Å². The lowest BCUT2D eigenvalue weighted by atomic mass is 10.3. The van der Waals surface area contributed by atoms with E-state index in [4.69, 9.17) is 13.8 Å². The number of ether oxygens (including phenoxy) is 1. The molecule has 0 aliphatic rings. The van der Waals surface area contributed by atoms with Gasteiger partial charge in [-0.05, 0) is 27.7 Å². The fourth-order valence-electron chi connectivity index (χ4n) is 1.11. The van der Waals surface area contributed by atoms with E-state index in [-0.39, 0.29) is 6.16 Å². The number of rotatable bonds is 8. The third-order valence-corrected chi connectivity index (χ3v) is 3.80. The van der Waals surface area contributed by atoms with E-state index in [1.165, 1.54) is 6.08 Å². The van der Waals surface area contributed by atoms with Crippen LogP contribution < -0.4 is 0 Å². The van der Waals surface area contributed by atoms with Crippen LogP contribution in [0.2, 0.25) is 0 Å². The first-order valence-corrected chi connectivity index (χ1v) is 7.43. The Morgan fingerprint density at radius 1 is 1.12 bits per heavy atom. The van der Waals surface area contributed by atoms with Crippen LogP contribution in [-0.4, -0.2) is 32.0 Å². The van der Waals surface area contributed by atoms with Crippen LogP contribution in [-0.2, 0) is 23.1 Å². The normalized spacial score (nSPS) is 12.6. The Hall–Kier alpha value is -0.640. The first-order valence-electron chi connectivity index (χ1n) is 5.71. The van der Waals surface area contributed by atoms with Crippen LogP contribution in [0, 0.1) is 0 Å². The minimum Gasteiger partial charge on any atom is -0.463 e. The molecule has 0 bridgehead atoms. The Labute approximate surface area is 103 Å². The molecule has 0 heterocycles. The number of hydrogen-bond acceptors (Lipinski definition) is 5. The molecule has 0 spiro atoms. The van der Waals surface area contributed by atoms with Crippen molar-refractivity contribution < 1.29 is 23.1 Å². The highest BCUT2D eigenvalue weighted by atomic mass is 31.2. The van der Waals surface area contributed by atoms with Gasteiger partial charge in [0.15, 0.2) is 0 Å². The highest BCUT2D eigenvalue weighted by Crippen LogP contribution is 2.48. The Morgan fingerprint density at radius 3 is 2.06 bits per heavy atom. The predicted molar refractivity (Wildman–Crippen MR) is 66.1 cm³/mol. The quantitative estimate of drug-likeness (QED) is 0.383. The summed E-state index contributed by atoms with van der Waals surface area (Å²) >= 11 is 0. The van der Waals surface area contributed by atoms with Gasteiger partial charge < -0.3 is 13.8 Å². The molecule has 6 heteroatoms. The van der Waals surface area contributed by atoms with E-state index in [0.717, 1.165) is 0 Å². The number of carbonyl (C=O) groups is 1. The van der Waals surface area contributed by atoms with Crippen LogP contribution in [0.15, 0.2) is 11.6 Å². The molecule has 0 rings (SSSR count). The van der Waals surface area contributed by atoms with Gasteiger partial charge in [0.1, 0.15) is 0 Å². The van der Waals surface area contributed by atoms with E-state index >= 15 is 0 Å². The van der Waals surface area contributed by atoms with E-state index in [2.05, 4.69) is 0 Å². The topological polar surface area (TPSA) is 61.8 Å². The Morgan fingerprint density at radius 2 is 1.65 bits per heavy atom. The first-order chi connectivity index (χ1) is 7.99. The summed E-state index contributed by atoms with van der Waals surface area (Å²) in [4.78, 5) is 11.3. The third kappa shape index (κ3) is 6.61. The van der Waals surface area contributed by atoms with Crippen LogP contribution >= 0.6 is 7.60 Å². The molecule has 0 aromatic rings. The highest BCUT2D eigenvalue weighted by Gasteiger charge is 2.22. The molecule has 0 unspecified atom stereocenters.